The fourth-order valence-electron chi connectivity index (χ4n) is 7.25. The van der Waals surface area contributed by atoms with Gasteiger partial charge in [-0.05, 0) is 70.8 Å². The van der Waals surface area contributed by atoms with E-state index in [1.165, 1.54) is 64.2 Å². The summed E-state index contributed by atoms with van der Waals surface area (Å²) in [5, 5.41) is 15.8. The van der Waals surface area contributed by atoms with Crippen LogP contribution >= 0.6 is 11.3 Å². The second-order valence-corrected chi connectivity index (χ2v) is 14.0. The van der Waals surface area contributed by atoms with E-state index in [1.807, 2.05) is 36.6 Å². The van der Waals surface area contributed by atoms with E-state index in [9.17, 15) is 0 Å². The van der Waals surface area contributed by atoms with E-state index in [1.54, 1.807) is 0 Å². The molecule has 0 aliphatic heterocycles. The minimum absolute atomic E-state index is 0.655. The quantitative estimate of drug-likeness (QED) is 0.0987. The molecule has 9 aromatic rings. The van der Waals surface area contributed by atoms with Crippen molar-refractivity contribution in [3.05, 3.63) is 187 Å². The van der Waals surface area contributed by atoms with Crippen LogP contribution in [0.5, 0.6) is 0 Å². The molecule has 0 atom stereocenters. The van der Waals surface area contributed by atoms with Gasteiger partial charge in [-0.25, -0.2) is 0 Å². The summed E-state index contributed by atoms with van der Waals surface area (Å²) in [5.74, 6) is 0.840. The summed E-state index contributed by atoms with van der Waals surface area (Å²) >= 11 is 1.86. The van der Waals surface area contributed by atoms with Crippen molar-refractivity contribution in [3.63, 3.8) is 0 Å². The van der Waals surface area contributed by atoms with Gasteiger partial charge in [-0.15, -0.1) is 11.3 Å². The molecule has 0 saturated carbocycles. The summed E-state index contributed by atoms with van der Waals surface area (Å²) in [4.78, 5) is 0. The highest BCUT2D eigenvalue weighted by Crippen LogP contribution is 2.39. The van der Waals surface area contributed by atoms with Gasteiger partial charge in [0, 0.05) is 49.2 Å². The van der Waals surface area contributed by atoms with Crippen molar-refractivity contribution in [2.24, 2.45) is 5.10 Å². The van der Waals surface area contributed by atoms with E-state index in [4.69, 9.17) is 5.10 Å². The van der Waals surface area contributed by atoms with Crippen LogP contribution in [0.1, 0.15) is 16.7 Å². The molecule has 4 nitrogen and oxygen atoms in total. The van der Waals surface area contributed by atoms with E-state index in [2.05, 4.69) is 167 Å². The second-order valence-electron chi connectivity index (χ2n) is 12.9. The highest BCUT2D eigenvalue weighted by molar-refractivity contribution is 7.25. The average molecular weight is 677 g/mol. The van der Waals surface area contributed by atoms with Gasteiger partial charge >= 0.3 is 0 Å². The van der Waals surface area contributed by atoms with Crippen molar-refractivity contribution >= 4 is 59.2 Å². The number of para-hydroxylation sites is 1. The number of rotatable bonds is 8. The van der Waals surface area contributed by atoms with Gasteiger partial charge in [0.1, 0.15) is 0 Å². The van der Waals surface area contributed by atoms with Gasteiger partial charge in [-0.1, -0.05) is 121 Å². The third kappa shape index (κ3) is 5.92. The molecule has 1 N–H and O–H groups in total. The molecule has 0 aliphatic rings. The summed E-state index contributed by atoms with van der Waals surface area (Å²) in [6.07, 6.45) is 0. The summed E-state index contributed by atoms with van der Waals surface area (Å²) in [6.45, 7) is 1.34. The lowest BCUT2D eigenvalue weighted by molar-refractivity contribution is 0.270. The Balaban J connectivity index is 1.11. The van der Waals surface area contributed by atoms with Crippen molar-refractivity contribution < 1.29 is 0 Å². The van der Waals surface area contributed by atoms with E-state index < -0.39 is 0 Å². The minimum atomic E-state index is 0.655. The zero-order chi connectivity index (χ0) is 34.1. The van der Waals surface area contributed by atoms with E-state index >= 15 is 0 Å². The Labute approximate surface area is 301 Å². The fraction of sp³-hybridized carbons (Fsp3) is 0.0652. The third-order valence-corrected chi connectivity index (χ3v) is 10.8. The maximum Gasteiger partial charge on any atom is 0.153 e. The molecule has 9 rings (SSSR count). The lowest BCUT2D eigenvalue weighted by atomic mass is 10.0. The average Bonchev–Trinajstić information content (AvgIpc) is 3.73. The molecular weight excluding hydrogens is 641 g/mol. The monoisotopic (exact) mass is 676 g/mol. The van der Waals surface area contributed by atoms with Crippen molar-refractivity contribution in [3.8, 4) is 16.8 Å². The largest absolute Gasteiger partial charge is 0.371 e. The van der Waals surface area contributed by atoms with Crippen LogP contribution < -0.4 is 5.32 Å². The van der Waals surface area contributed by atoms with Gasteiger partial charge in [-0.3, -0.25) is 5.01 Å². The maximum atomic E-state index is 5.15. The summed E-state index contributed by atoms with van der Waals surface area (Å²) in [7, 11) is 1.93. The molecule has 2 heterocycles. The molecule has 0 unspecified atom stereocenters. The Morgan fingerprint density at radius 1 is 0.549 bits per heavy atom. The second kappa shape index (κ2) is 13.3. The molecule has 5 heteroatoms. The van der Waals surface area contributed by atoms with Crippen molar-refractivity contribution in [2.75, 3.05) is 7.05 Å². The summed E-state index contributed by atoms with van der Waals surface area (Å²) < 4.78 is 5.06. The first-order valence-corrected chi connectivity index (χ1v) is 18.2. The van der Waals surface area contributed by atoms with Crippen LogP contribution in [0.3, 0.4) is 0 Å². The number of thiophene rings is 1. The van der Waals surface area contributed by atoms with Crippen molar-refractivity contribution in [1.29, 1.82) is 0 Å². The Morgan fingerprint density at radius 3 is 2.00 bits per heavy atom. The van der Waals surface area contributed by atoms with Crippen LogP contribution in [0.25, 0.3) is 58.8 Å². The predicted molar refractivity (Wildman–Crippen MR) is 217 cm³/mol. The molecule has 0 fully saturated rings. The molecular formula is C46H36N4S. The normalized spacial score (nSPS) is 11.9. The Morgan fingerprint density at radius 2 is 1.18 bits per heavy atom. The van der Waals surface area contributed by atoms with Gasteiger partial charge in [-0.2, -0.15) is 5.10 Å². The highest BCUT2D eigenvalue weighted by Gasteiger charge is 2.15. The Bertz CT molecular complexity index is 2690. The first-order chi connectivity index (χ1) is 25.2. The van der Waals surface area contributed by atoms with Gasteiger partial charge in [0.25, 0.3) is 0 Å². The van der Waals surface area contributed by atoms with Crippen LogP contribution in [0.15, 0.2) is 175 Å². The Kier molecular flexibility index (Phi) is 8.03. The van der Waals surface area contributed by atoms with E-state index in [0.717, 1.165) is 17.1 Å². The lowest BCUT2D eigenvalue weighted by Gasteiger charge is -2.22. The molecule has 246 valence electrons. The summed E-state index contributed by atoms with van der Waals surface area (Å²) in [6, 6.07) is 61.1. The molecule has 7 aromatic carbocycles. The maximum absolute atomic E-state index is 5.15. The number of aromatic nitrogens is 1. The first kappa shape index (κ1) is 30.9. The number of nitrogens with zero attached hydrogens (tertiary/aromatic N) is 3. The zero-order valence-electron chi connectivity index (χ0n) is 28.3. The molecule has 0 bridgehead atoms. The SMILES string of the molecule is CN/C(=N\N(Cc1ccccc1)Cc1cccc(-n2c3ccccc3c3cc(-c4ccc5sc6ccccc6c5c4)ccc32)c1)c1ccccc1. The number of hydrazone groups is 1. The van der Waals surface area contributed by atoms with Crippen LogP contribution in [-0.4, -0.2) is 22.5 Å². The number of benzene rings is 7. The fourth-order valence-corrected chi connectivity index (χ4v) is 8.34. The first-order valence-electron chi connectivity index (χ1n) is 17.4. The molecule has 0 amide bonds. The number of nitrogens with one attached hydrogen (secondary N) is 1. The van der Waals surface area contributed by atoms with Gasteiger partial charge in [0.2, 0.25) is 0 Å². The van der Waals surface area contributed by atoms with Crippen LogP contribution in [-0.2, 0) is 13.1 Å². The smallest absolute Gasteiger partial charge is 0.153 e. The standard InChI is InChI=1S/C46H36N4S/c1-47-46(34-16-6-3-7-17-34)48-49(30-32-13-4-2-5-14-32)31-33-15-12-18-37(27-33)50-42-21-10-8-19-38(42)40-28-35(23-25-43(40)50)36-24-26-45-41(29-36)39-20-9-11-22-44(39)51-45/h2-29H,30-31H2,1H3,(H,47,48). The molecule has 2 aromatic heterocycles. The lowest BCUT2D eigenvalue weighted by Crippen LogP contribution is -2.26. The zero-order valence-corrected chi connectivity index (χ0v) is 29.1. The van der Waals surface area contributed by atoms with Crippen molar-refractivity contribution in [2.45, 2.75) is 13.1 Å². The van der Waals surface area contributed by atoms with E-state index in [0.29, 0.717) is 13.1 Å². The number of hydrogen-bond acceptors (Lipinski definition) is 3. The summed E-state index contributed by atoms with van der Waals surface area (Å²) in [5.41, 5.74) is 9.45. The van der Waals surface area contributed by atoms with Gasteiger partial charge in [0.15, 0.2) is 5.84 Å². The van der Waals surface area contributed by atoms with E-state index in [-0.39, 0.29) is 0 Å². The predicted octanol–water partition coefficient (Wildman–Crippen LogP) is 11.4. The van der Waals surface area contributed by atoms with Gasteiger partial charge < -0.3 is 9.88 Å². The molecule has 51 heavy (non-hydrogen) atoms. The molecule has 0 aliphatic carbocycles. The minimum Gasteiger partial charge on any atom is -0.371 e. The number of amidine groups is 1. The third-order valence-electron chi connectivity index (χ3n) is 9.65. The molecule has 0 saturated heterocycles. The number of fused-ring (bicyclic) bond motifs is 6. The topological polar surface area (TPSA) is 32.6 Å². The van der Waals surface area contributed by atoms with Crippen LogP contribution in [0.4, 0.5) is 0 Å². The molecule has 0 radical (unpaired) electrons. The Hall–Kier alpha value is -6.17. The van der Waals surface area contributed by atoms with Gasteiger partial charge in [0.05, 0.1) is 24.1 Å². The van der Waals surface area contributed by atoms with Crippen LogP contribution in [0, 0.1) is 0 Å². The highest BCUT2D eigenvalue weighted by atomic mass is 32.1. The van der Waals surface area contributed by atoms with Crippen LogP contribution in [0.2, 0.25) is 0 Å². The van der Waals surface area contributed by atoms with Crippen molar-refractivity contribution in [1.82, 2.24) is 14.9 Å². The molecule has 0 spiro atoms. The number of hydrogen-bond donors (Lipinski definition) is 1.